The van der Waals surface area contributed by atoms with Crippen molar-refractivity contribution < 1.29 is 4.79 Å². The number of pyridine rings is 1. The number of nitriles is 1. The third-order valence-electron chi connectivity index (χ3n) is 3.80. The summed E-state index contributed by atoms with van der Waals surface area (Å²) in [5.74, 6) is 0.551. The number of hydrogen-bond donors (Lipinski definition) is 2. The zero-order chi connectivity index (χ0) is 16.1. The third-order valence-corrected chi connectivity index (χ3v) is 3.80. The molecular formula is C16H18N6O. The van der Waals surface area contributed by atoms with Crippen molar-refractivity contribution in [3.63, 3.8) is 0 Å². The molecule has 0 radical (unpaired) electrons. The molecule has 1 amide bonds. The van der Waals surface area contributed by atoms with Gasteiger partial charge in [-0.2, -0.15) is 10.4 Å². The Morgan fingerprint density at radius 2 is 2.22 bits per heavy atom. The molecule has 0 atom stereocenters. The Morgan fingerprint density at radius 1 is 1.39 bits per heavy atom. The minimum absolute atomic E-state index is 0.0175. The summed E-state index contributed by atoms with van der Waals surface area (Å²) in [6.07, 6.45) is 7.89. The van der Waals surface area contributed by atoms with Gasteiger partial charge in [-0.3, -0.25) is 9.48 Å². The maximum atomic E-state index is 12.0. The average Bonchev–Trinajstić information content (AvgIpc) is 3.20. The second-order valence-corrected chi connectivity index (χ2v) is 5.62. The summed E-state index contributed by atoms with van der Waals surface area (Å²) in [6.45, 7) is 0.198. The van der Waals surface area contributed by atoms with Crippen LogP contribution in [0.4, 0.5) is 11.5 Å². The number of anilines is 2. The molecule has 2 aromatic rings. The third kappa shape index (κ3) is 4.07. The molecule has 0 bridgehead atoms. The van der Waals surface area contributed by atoms with Crippen molar-refractivity contribution in [2.45, 2.75) is 38.3 Å². The van der Waals surface area contributed by atoms with E-state index in [0.29, 0.717) is 17.6 Å². The van der Waals surface area contributed by atoms with Gasteiger partial charge in [0.1, 0.15) is 24.1 Å². The van der Waals surface area contributed by atoms with Crippen LogP contribution in [0.3, 0.4) is 0 Å². The van der Waals surface area contributed by atoms with Gasteiger partial charge in [0, 0.05) is 12.2 Å². The van der Waals surface area contributed by atoms with Crippen LogP contribution in [0.2, 0.25) is 0 Å². The van der Waals surface area contributed by atoms with E-state index in [4.69, 9.17) is 5.26 Å². The summed E-state index contributed by atoms with van der Waals surface area (Å²) in [5.41, 5.74) is 1.07. The van der Waals surface area contributed by atoms with Gasteiger partial charge in [0.25, 0.3) is 0 Å². The Bertz CT molecular complexity index is 726. The molecule has 1 aliphatic carbocycles. The van der Waals surface area contributed by atoms with Crippen molar-refractivity contribution in [2.24, 2.45) is 0 Å². The average molecular weight is 310 g/mol. The van der Waals surface area contributed by atoms with Crippen LogP contribution in [0.25, 0.3) is 0 Å². The molecule has 0 saturated heterocycles. The molecule has 23 heavy (non-hydrogen) atoms. The minimum atomic E-state index is -0.0175. The van der Waals surface area contributed by atoms with E-state index in [-0.39, 0.29) is 12.5 Å². The van der Waals surface area contributed by atoms with Gasteiger partial charge >= 0.3 is 0 Å². The fourth-order valence-corrected chi connectivity index (χ4v) is 2.72. The zero-order valence-corrected chi connectivity index (χ0v) is 12.7. The molecular weight excluding hydrogens is 292 g/mol. The monoisotopic (exact) mass is 310 g/mol. The molecule has 1 fully saturated rings. The maximum Gasteiger partial charge on any atom is 0.241 e. The lowest BCUT2D eigenvalue weighted by Gasteiger charge is -2.11. The largest absolute Gasteiger partial charge is 0.352 e. The first kappa shape index (κ1) is 15.0. The molecule has 2 N–H and O–H groups in total. The predicted molar refractivity (Wildman–Crippen MR) is 84.9 cm³/mol. The molecule has 7 heteroatoms. The first-order valence-electron chi connectivity index (χ1n) is 7.69. The number of nitrogens with one attached hydrogen (secondary N) is 2. The van der Waals surface area contributed by atoms with E-state index < -0.39 is 0 Å². The standard InChI is InChI=1S/C16H18N6O/c17-8-13-6-3-7-15(19-13)20-14-9-18-22(10-14)11-16(23)21-12-4-1-2-5-12/h3,6-7,9-10,12H,1-2,4-5,11H2,(H,19,20)(H,21,23). The first-order chi connectivity index (χ1) is 11.2. The Hall–Kier alpha value is -2.88. The lowest BCUT2D eigenvalue weighted by atomic mass is 10.2. The van der Waals surface area contributed by atoms with Crippen LogP contribution in [0.5, 0.6) is 0 Å². The number of carbonyl (C=O) groups excluding carboxylic acids is 1. The van der Waals surface area contributed by atoms with Crippen molar-refractivity contribution in [3.8, 4) is 6.07 Å². The van der Waals surface area contributed by atoms with Crippen molar-refractivity contribution >= 4 is 17.4 Å². The van der Waals surface area contributed by atoms with Crippen LogP contribution >= 0.6 is 0 Å². The predicted octanol–water partition coefficient (Wildman–Crippen LogP) is 1.95. The van der Waals surface area contributed by atoms with E-state index in [2.05, 4.69) is 20.7 Å². The smallest absolute Gasteiger partial charge is 0.241 e. The highest BCUT2D eigenvalue weighted by Gasteiger charge is 2.17. The van der Waals surface area contributed by atoms with E-state index in [0.717, 1.165) is 18.5 Å². The van der Waals surface area contributed by atoms with E-state index in [9.17, 15) is 4.79 Å². The number of amides is 1. The Balaban J connectivity index is 1.57. The van der Waals surface area contributed by atoms with Crippen LogP contribution < -0.4 is 10.6 Å². The van der Waals surface area contributed by atoms with Gasteiger partial charge in [-0.1, -0.05) is 18.9 Å². The van der Waals surface area contributed by atoms with Gasteiger partial charge in [-0.25, -0.2) is 4.98 Å². The Labute approximate surface area is 134 Å². The second-order valence-electron chi connectivity index (χ2n) is 5.62. The summed E-state index contributed by atoms with van der Waals surface area (Å²) in [5, 5.41) is 19.1. The first-order valence-corrected chi connectivity index (χ1v) is 7.69. The molecule has 0 aliphatic heterocycles. The van der Waals surface area contributed by atoms with E-state index in [1.54, 1.807) is 35.3 Å². The van der Waals surface area contributed by atoms with Crippen molar-refractivity contribution in [2.75, 3.05) is 5.32 Å². The van der Waals surface area contributed by atoms with Gasteiger partial charge in [0.2, 0.25) is 5.91 Å². The molecule has 2 heterocycles. The molecule has 7 nitrogen and oxygen atoms in total. The topological polar surface area (TPSA) is 95.6 Å². The number of carbonyl (C=O) groups is 1. The maximum absolute atomic E-state index is 12.0. The fourth-order valence-electron chi connectivity index (χ4n) is 2.72. The summed E-state index contributed by atoms with van der Waals surface area (Å²) in [6, 6.07) is 7.47. The van der Waals surface area contributed by atoms with Crippen LogP contribution in [-0.2, 0) is 11.3 Å². The molecule has 2 aromatic heterocycles. The fraction of sp³-hybridized carbons (Fsp3) is 0.375. The van der Waals surface area contributed by atoms with Crippen molar-refractivity contribution in [3.05, 3.63) is 36.3 Å². The van der Waals surface area contributed by atoms with Gasteiger partial charge in [0.05, 0.1) is 11.9 Å². The Morgan fingerprint density at radius 3 is 3.00 bits per heavy atom. The SMILES string of the molecule is N#Cc1cccc(Nc2cnn(CC(=O)NC3CCCC3)c2)n1. The van der Waals surface area contributed by atoms with E-state index in [1.807, 2.05) is 6.07 Å². The van der Waals surface area contributed by atoms with Crippen molar-refractivity contribution in [1.82, 2.24) is 20.1 Å². The van der Waals surface area contributed by atoms with Gasteiger partial charge in [0.15, 0.2) is 0 Å². The molecule has 0 unspecified atom stereocenters. The molecule has 1 aliphatic rings. The lowest BCUT2D eigenvalue weighted by Crippen LogP contribution is -2.35. The van der Waals surface area contributed by atoms with E-state index >= 15 is 0 Å². The molecule has 0 aromatic carbocycles. The normalized spacial score (nSPS) is 14.4. The molecule has 3 rings (SSSR count). The number of nitrogens with zero attached hydrogens (tertiary/aromatic N) is 4. The van der Waals surface area contributed by atoms with Crippen LogP contribution in [0.15, 0.2) is 30.6 Å². The number of rotatable bonds is 5. The van der Waals surface area contributed by atoms with Gasteiger partial charge in [-0.15, -0.1) is 0 Å². The van der Waals surface area contributed by atoms with Crippen LogP contribution in [0.1, 0.15) is 31.4 Å². The second kappa shape index (κ2) is 6.92. The minimum Gasteiger partial charge on any atom is -0.352 e. The quantitative estimate of drug-likeness (QED) is 0.880. The zero-order valence-electron chi connectivity index (χ0n) is 12.7. The number of aromatic nitrogens is 3. The summed E-state index contributed by atoms with van der Waals surface area (Å²) in [4.78, 5) is 16.1. The summed E-state index contributed by atoms with van der Waals surface area (Å²) in [7, 11) is 0. The Kier molecular flexibility index (Phi) is 4.52. The summed E-state index contributed by atoms with van der Waals surface area (Å²) < 4.78 is 1.58. The van der Waals surface area contributed by atoms with Crippen LogP contribution in [-0.4, -0.2) is 26.7 Å². The molecule has 1 saturated carbocycles. The molecule has 0 spiro atoms. The lowest BCUT2D eigenvalue weighted by molar-refractivity contribution is -0.122. The van der Waals surface area contributed by atoms with Gasteiger partial charge in [-0.05, 0) is 25.0 Å². The van der Waals surface area contributed by atoms with E-state index in [1.165, 1.54) is 12.8 Å². The summed E-state index contributed by atoms with van der Waals surface area (Å²) >= 11 is 0. The number of hydrogen-bond acceptors (Lipinski definition) is 5. The highest BCUT2D eigenvalue weighted by molar-refractivity contribution is 5.76. The van der Waals surface area contributed by atoms with Crippen molar-refractivity contribution in [1.29, 1.82) is 5.26 Å². The molecule has 118 valence electrons. The highest BCUT2D eigenvalue weighted by Crippen LogP contribution is 2.17. The van der Waals surface area contributed by atoms with Gasteiger partial charge < -0.3 is 10.6 Å². The van der Waals surface area contributed by atoms with Crippen LogP contribution in [0, 0.1) is 11.3 Å². The highest BCUT2D eigenvalue weighted by atomic mass is 16.2.